The number of sulfonamides is 1. The number of benzene rings is 2. The number of anilines is 3. The van der Waals surface area contributed by atoms with Crippen molar-refractivity contribution in [2.45, 2.75) is 25.3 Å². The molecule has 0 aliphatic carbocycles. The Morgan fingerprint density at radius 1 is 1.18 bits per heavy atom. The number of hydrogen-bond donors (Lipinski definition) is 3. The highest BCUT2D eigenvalue weighted by Gasteiger charge is 2.30. The molecule has 11 heteroatoms. The monoisotopic (exact) mass is 472 g/mol. The van der Waals surface area contributed by atoms with E-state index in [1.807, 2.05) is 0 Å². The molecule has 10 nitrogen and oxygen atoms in total. The maximum atomic E-state index is 12.6. The van der Waals surface area contributed by atoms with Gasteiger partial charge in [-0.15, -0.1) is 0 Å². The number of rotatable bonds is 5. The second-order valence-electron chi connectivity index (χ2n) is 7.80. The summed E-state index contributed by atoms with van der Waals surface area (Å²) < 4.78 is 31.6. The van der Waals surface area contributed by atoms with Crippen LogP contribution < -0.4 is 25.0 Å². The SMILES string of the molecule is COc1cc(NC(=O)C[C@@H]2NC(=O)c3ccccc3NC2=O)ccc1N1CCCCS1(=O)=O. The maximum Gasteiger partial charge on any atom is 0.254 e. The van der Waals surface area contributed by atoms with Crippen LogP contribution in [0.2, 0.25) is 0 Å². The van der Waals surface area contributed by atoms with Gasteiger partial charge in [-0.2, -0.15) is 0 Å². The van der Waals surface area contributed by atoms with Crippen molar-refractivity contribution in [1.29, 1.82) is 0 Å². The molecule has 2 heterocycles. The fraction of sp³-hybridized carbons (Fsp3) is 0.318. The topological polar surface area (TPSA) is 134 Å². The third kappa shape index (κ3) is 4.77. The van der Waals surface area contributed by atoms with Gasteiger partial charge in [-0.25, -0.2) is 8.42 Å². The quantitative estimate of drug-likeness (QED) is 0.607. The molecule has 3 amide bonds. The van der Waals surface area contributed by atoms with Crippen molar-refractivity contribution in [2.75, 3.05) is 34.3 Å². The Hall–Kier alpha value is -3.60. The molecule has 1 fully saturated rings. The zero-order valence-corrected chi connectivity index (χ0v) is 18.8. The van der Waals surface area contributed by atoms with Gasteiger partial charge in [0.1, 0.15) is 11.8 Å². The molecule has 0 aromatic heterocycles. The van der Waals surface area contributed by atoms with E-state index in [1.165, 1.54) is 17.5 Å². The summed E-state index contributed by atoms with van der Waals surface area (Å²) >= 11 is 0. The Kier molecular flexibility index (Phi) is 6.23. The maximum absolute atomic E-state index is 12.6. The number of nitrogens with one attached hydrogen (secondary N) is 3. The van der Waals surface area contributed by atoms with Crippen molar-refractivity contribution in [2.24, 2.45) is 0 Å². The van der Waals surface area contributed by atoms with Gasteiger partial charge in [0.25, 0.3) is 5.91 Å². The van der Waals surface area contributed by atoms with Gasteiger partial charge in [0.05, 0.1) is 36.2 Å². The fourth-order valence-corrected chi connectivity index (χ4v) is 5.52. The lowest BCUT2D eigenvalue weighted by molar-refractivity contribution is -0.122. The van der Waals surface area contributed by atoms with Gasteiger partial charge in [-0.1, -0.05) is 12.1 Å². The highest BCUT2D eigenvalue weighted by molar-refractivity contribution is 7.92. The van der Waals surface area contributed by atoms with Gasteiger partial charge >= 0.3 is 0 Å². The summed E-state index contributed by atoms with van der Waals surface area (Å²) in [6.07, 6.45) is 1.09. The Morgan fingerprint density at radius 3 is 2.73 bits per heavy atom. The van der Waals surface area contributed by atoms with E-state index in [0.717, 1.165) is 6.42 Å². The summed E-state index contributed by atoms with van der Waals surface area (Å²) in [6, 6.07) is 10.2. The summed E-state index contributed by atoms with van der Waals surface area (Å²) in [5.74, 6) is -1.06. The number of para-hydroxylation sites is 1. The van der Waals surface area contributed by atoms with Crippen LogP contribution in [-0.4, -0.2) is 51.6 Å². The third-order valence-electron chi connectivity index (χ3n) is 5.52. The largest absolute Gasteiger partial charge is 0.494 e. The number of amides is 3. The molecule has 1 saturated heterocycles. The van der Waals surface area contributed by atoms with E-state index >= 15 is 0 Å². The number of ether oxygens (including phenoxy) is 1. The first-order valence-electron chi connectivity index (χ1n) is 10.5. The first kappa shape index (κ1) is 22.6. The number of carbonyl (C=O) groups is 3. The molecular weight excluding hydrogens is 448 g/mol. The van der Waals surface area contributed by atoms with Crippen LogP contribution in [0.25, 0.3) is 0 Å². The number of nitrogens with zero attached hydrogens (tertiary/aromatic N) is 1. The molecule has 0 bridgehead atoms. The first-order valence-corrected chi connectivity index (χ1v) is 12.1. The lowest BCUT2D eigenvalue weighted by Crippen LogP contribution is -2.43. The molecule has 2 aliphatic rings. The van der Waals surface area contributed by atoms with Crippen LogP contribution >= 0.6 is 0 Å². The van der Waals surface area contributed by atoms with Gasteiger partial charge in [0, 0.05) is 18.3 Å². The predicted octanol–water partition coefficient (Wildman–Crippen LogP) is 1.70. The highest BCUT2D eigenvalue weighted by Crippen LogP contribution is 2.35. The molecule has 2 aromatic carbocycles. The molecule has 0 radical (unpaired) electrons. The summed E-state index contributed by atoms with van der Waals surface area (Å²) in [4.78, 5) is 37.5. The van der Waals surface area contributed by atoms with Crippen LogP contribution in [-0.2, 0) is 19.6 Å². The molecule has 2 aromatic rings. The zero-order chi connectivity index (χ0) is 23.6. The standard InChI is InChI=1S/C22H24N4O6S/c1-32-19-12-14(8-9-18(19)26-10-4-5-11-33(26,30)31)23-20(27)13-17-22(29)24-16-7-3-2-6-15(16)21(28)25-17/h2-3,6-9,12,17H,4-5,10-11,13H2,1H3,(H,23,27)(H,24,29)(H,25,28)/t17-/m0/s1. The Morgan fingerprint density at radius 2 is 1.97 bits per heavy atom. The van der Waals surface area contributed by atoms with Crippen LogP contribution in [0.15, 0.2) is 42.5 Å². The molecule has 2 aliphatic heterocycles. The van der Waals surface area contributed by atoms with E-state index in [0.29, 0.717) is 41.3 Å². The molecule has 3 N–H and O–H groups in total. The van der Waals surface area contributed by atoms with Crippen LogP contribution in [0, 0.1) is 0 Å². The van der Waals surface area contributed by atoms with Gasteiger partial charge in [0.2, 0.25) is 21.8 Å². The van der Waals surface area contributed by atoms with Crippen molar-refractivity contribution in [1.82, 2.24) is 5.32 Å². The van der Waals surface area contributed by atoms with E-state index in [4.69, 9.17) is 4.74 Å². The molecule has 0 spiro atoms. The van der Waals surface area contributed by atoms with Crippen LogP contribution in [0.5, 0.6) is 5.75 Å². The summed E-state index contributed by atoms with van der Waals surface area (Å²) in [5, 5.41) is 7.91. The predicted molar refractivity (Wildman–Crippen MR) is 123 cm³/mol. The van der Waals surface area contributed by atoms with Crippen LogP contribution in [0.4, 0.5) is 17.1 Å². The summed E-state index contributed by atoms with van der Waals surface area (Å²) in [7, 11) is -2.00. The molecule has 33 heavy (non-hydrogen) atoms. The van der Waals surface area contributed by atoms with Gasteiger partial charge in [-0.05, 0) is 37.1 Å². The van der Waals surface area contributed by atoms with Gasteiger partial charge < -0.3 is 20.7 Å². The number of carbonyl (C=O) groups excluding carboxylic acids is 3. The third-order valence-corrected chi connectivity index (χ3v) is 7.38. The first-order chi connectivity index (χ1) is 15.8. The molecule has 1 atom stereocenters. The lowest BCUT2D eigenvalue weighted by Gasteiger charge is -2.29. The highest BCUT2D eigenvalue weighted by atomic mass is 32.2. The lowest BCUT2D eigenvalue weighted by atomic mass is 10.1. The molecular formula is C22H24N4O6S. The van der Waals surface area contributed by atoms with Gasteiger partial charge in [-0.3, -0.25) is 18.7 Å². The Bertz CT molecular complexity index is 1210. The minimum absolute atomic E-state index is 0.0771. The van der Waals surface area contributed by atoms with E-state index in [2.05, 4.69) is 16.0 Å². The van der Waals surface area contributed by atoms with Crippen molar-refractivity contribution < 1.29 is 27.5 Å². The Labute approximate surface area is 191 Å². The fourth-order valence-electron chi connectivity index (χ4n) is 3.87. The molecule has 0 unspecified atom stereocenters. The van der Waals surface area contributed by atoms with Crippen molar-refractivity contribution in [3.63, 3.8) is 0 Å². The minimum atomic E-state index is -3.42. The smallest absolute Gasteiger partial charge is 0.254 e. The van der Waals surface area contributed by atoms with E-state index in [-0.39, 0.29) is 12.2 Å². The molecule has 0 saturated carbocycles. The van der Waals surface area contributed by atoms with Crippen LogP contribution in [0.3, 0.4) is 0 Å². The molecule has 4 rings (SSSR count). The van der Waals surface area contributed by atoms with Crippen LogP contribution in [0.1, 0.15) is 29.6 Å². The average molecular weight is 473 g/mol. The number of fused-ring (bicyclic) bond motifs is 1. The normalized spacial score (nSPS) is 19.5. The molecule has 174 valence electrons. The Balaban J connectivity index is 1.47. The van der Waals surface area contributed by atoms with Crippen molar-refractivity contribution in [3.8, 4) is 5.75 Å². The van der Waals surface area contributed by atoms with Crippen molar-refractivity contribution >= 4 is 44.8 Å². The van der Waals surface area contributed by atoms with Gasteiger partial charge in [0.15, 0.2) is 0 Å². The second-order valence-corrected chi connectivity index (χ2v) is 9.81. The average Bonchev–Trinajstić information content (AvgIpc) is 2.89. The van der Waals surface area contributed by atoms with E-state index in [9.17, 15) is 22.8 Å². The minimum Gasteiger partial charge on any atom is -0.494 e. The van der Waals surface area contributed by atoms with E-state index in [1.54, 1.807) is 36.4 Å². The number of hydrogen-bond acceptors (Lipinski definition) is 6. The summed E-state index contributed by atoms with van der Waals surface area (Å²) in [6.45, 7) is 0.364. The zero-order valence-electron chi connectivity index (χ0n) is 18.0. The number of methoxy groups -OCH3 is 1. The van der Waals surface area contributed by atoms with Crippen molar-refractivity contribution in [3.05, 3.63) is 48.0 Å². The summed E-state index contributed by atoms with van der Waals surface area (Å²) in [5.41, 5.74) is 1.49. The second kappa shape index (κ2) is 9.10. The van der Waals surface area contributed by atoms with E-state index < -0.39 is 33.8 Å².